The molecule has 94 valence electrons. The Morgan fingerprint density at radius 1 is 1.50 bits per heavy atom. The summed E-state index contributed by atoms with van der Waals surface area (Å²) in [5.41, 5.74) is 7.60. The van der Waals surface area contributed by atoms with Crippen LogP contribution in [0.3, 0.4) is 0 Å². The molecule has 18 heavy (non-hydrogen) atoms. The molecule has 7 nitrogen and oxygen atoms in total. The third-order valence-electron chi connectivity index (χ3n) is 2.40. The van der Waals surface area contributed by atoms with E-state index in [1.165, 1.54) is 4.80 Å². The number of nitrogen functional groups attached to an aromatic ring is 1. The molecule has 0 saturated carbocycles. The van der Waals surface area contributed by atoms with Gasteiger partial charge in [0.05, 0.1) is 12.6 Å². The first-order valence-corrected chi connectivity index (χ1v) is 5.32. The van der Waals surface area contributed by atoms with Gasteiger partial charge in [0.1, 0.15) is 0 Å². The maximum atomic E-state index is 11.7. The zero-order valence-electron chi connectivity index (χ0n) is 10.1. The van der Waals surface area contributed by atoms with Gasteiger partial charge in [0.2, 0.25) is 5.82 Å². The Bertz CT molecular complexity index is 579. The Labute approximate surface area is 104 Å². The van der Waals surface area contributed by atoms with E-state index in [-0.39, 0.29) is 6.61 Å². The number of anilines is 1. The summed E-state index contributed by atoms with van der Waals surface area (Å²) in [6.45, 7) is 1.86. The van der Waals surface area contributed by atoms with Crippen molar-refractivity contribution < 1.29 is 9.53 Å². The number of aromatic nitrogens is 4. The maximum Gasteiger partial charge on any atom is 0.338 e. The molecule has 2 rings (SSSR count). The fraction of sp³-hybridized carbons (Fsp3) is 0.273. The van der Waals surface area contributed by atoms with Crippen molar-refractivity contribution in [2.24, 2.45) is 7.05 Å². The summed E-state index contributed by atoms with van der Waals surface area (Å²) in [6, 6.07) is 5.02. The molecule has 1 heterocycles. The van der Waals surface area contributed by atoms with Crippen LogP contribution in [0.4, 0.5) is 5.69 Å². The van der Waals surface area contributed by atoms with Crippen LogP contribution in [-0.4, -0.2) is 26.2 Å². The predicted octanol–water partition coefficient (Wildman–Crippen LogP) is 0.458. The van der Waals surface area contributed by atoms with Gasteiger partial charge in [-0.2, -0.15) is 4.80 Å². The average molecular weight is 247 g/mol. The highest BCUT2D eigenvalue weighted by atomic mass is 16.5. The van der Waals surface area contributed by atoms with Crippen molar-refractivity contribution in [3.63, 3.8) is 0 Å². The summed E-state index contributed by atoms with van der Waals surface area (Å²) in [4.78, 5) is 13.0. The molecule has 0 fully saturated rings. The number of carbonyl (C=O) groups excluding carboxylic acids is 1. The summed E-state index contributed by atoms with van der Waals surface area (Å²) in [7, 11) is 1.64. The molecule has 0 radical (unpaired) electrons. The van der Waals surface area contributed by atoms with Gasteiger partial charge in [-0.25, -0.2) is 4.79 Å². The first-order chi connectivity index (χ1) is 8.56. The Kier molecular flexibility index (Phi) is 3.22. The fourth-order valence-electron chi connectivity index (χ4n) is 1.36. The molecular formula is C11H13N5O2. The number of hydrogen-bond acceptors (Lipinski definition) is 6. The molecular weight excluding hydrogens is 234 g/mol. The Hall–Kier alpha value is -2.44. The number of benzene rings is 1. The van der Waals surface area contributed by atoms with Crippen LogP contribution >= 0.6 is 0 Å². The van der Waals surface area contributed by atoms with Crippen LogP contribution in [0.25, 0.3) is 0 Å². The number of esters is 1. The molecule has 1 aromatic heterocycles. The van der Waals surface area contributed by atoms with Crippen molar-refractivity contribution in [3.05, 3.63) is 35.2 Å². The molecule has 0 atom stereocenters. The molecule has 1 aromatic carbocycles. The Morgan fingerprint density at radius 3 is 2.89 bits per heavy atom. The van der Waals surface area contributed by atoms with Crippen LogP contribution in [0.2, 0.25) is 0 Å². The smallest absolute Gasteiger partial charge is 0.338 e. The van der Waals surface area contributed by atoms with E-state index in [1.807, 2.05) is 6.92 Å². The van der Waals surface area contributed by atoms with E-state index in [0.29, 0.717) is 17.1 Å². The van der Waals surface area contributed by atoms with Crippen LogP contribution in [-0.2, 0) is 18.4 Å². The lowest BCUT2D eigenvalue weighted by Gasteiger charge is -2.04. The highest BCUT2D eigenvalue weighted by molar-refractivity contribution is 5.90. The minimum Gasteiger partial charge on any atom is -0.454 e. The second-order valence-corrected chi connectivity index (χ2v) is 3.84. The van der Waals surface area contributed by atoms with Crippen molar-refractivity contribution in [1.29, 1.82) is 0 Å². The van der Waals surface area contributed by atoms with Gasteiger partial charge in [-0.1, -0.05) is 6.07 Å². The van der Waals surface area contributed by atoms with Gasteiger partial charge in [0.15, 0.2) is 6.61 Å². The van der Waals surface area contributed by atoms with Gasteiger partial charge in [0.25, 0.3) is 0 Å². The van der Waals surface area contributed by atoms with Gasteiger partial charge < -0.3 is 10.5 Å². The Morgan fingerprint density at radius 2 is 2.28 bits per heavy atom. The summed E-state index contributed by atoms with van der Waals surface area (Å²) in [5.74, 6) is -0.111. The molecule has 0 saturated heterocycles. The minimum absolute atomic E-state index is 0.0134. The van der Waals surface area contributed by atoms with Gasteiger partial charge >= 0.3 is 5.97 Å². The van der Waals surface area contributed by atoms with E-state index >= 15 is 0 Å². The van der Waals surface area contributed by atoms with Gasteiger partial charge in [-0.05, 0) is 29.8 Å². The zero-order chi connectivity index (χ0) is 13.1. The van der Waals surface area contributed by atoms with Gasteiger partial charge in [-0.3, -0.25) is 0 Å². The van der Waals surface area contributed by atoms with Crippen molar-refractivity contribution in [1.82, 2.24) is 20.2 Å². The molecule has 0 spiro atoms. The molecule has 2 N–H and O–H groups in total. The van der Waals surface area contributed by atoms with Crippen LogP contribution in [0.1, 0.15) is 21.7 Å². The van der Waals surface area contributed by atoms with Crippen molar-refractivity contribution >= 4 is 11.7 Å². The van der Waals surface area contributed by atoms with Crippen molar-refractivity contribution in [2.45, 2.75) is 13.5 Å². The van der Waals surface area contributed by atoms with E-state index in [4.69, 9.17) is 10.5 Å². The number of nitrogens with zero attached hydrogens (tertiary/aromatic N) is 4. The van der Waals surface area contributed by atoms with E-state index in [2.05, 4.69) is 15.4 Å². The van der Waals surface area contributed by atoms with Gasteiger partial charge in [-0.15, -0.1) is 10.2 Å². The van der Waals surface area contributed by atoms with Crippen LogP contribution in [0.5, 0.6) is 0 Å². The number of aryl methyl sites for hydroxylation is 2. The Balaban J connectivity index is 2.01. The largest absolute Gasteiger partial charge is 0.454 e. The zero-order valence-corrected chi connectivity index (χ0v) is 10.1. The number of hydrogen-bond donors (Lipinski definition) is 1. The van der Waals surface area contributed by atoms with Crippen LogP contribution in [0.15, 0.2) is 18.2 Å². The summed E-state index contributed by atoms with van der Waals surface area (Å²) >= 11 is 0. The second-order valence-electron chi connectivity index (χ2n) is 3.84. The third kappa shape index (κ3) is 2.62. The predicted molar refractivity (Wildman–Crippen MR) is 63.5 cm³/mol. The van der Waals surface area contributed by atoms with E-state index < -0.39 is 5.97 Å². The average Bonchev–Trinajstić information content (AvgIpc) is 2.75. The SMILES string of the molecule is Cc1ccc(C(=O)OCc2nnn(C)n2)cc1N. The molecule has 0 aliphatic rings. The van der Waals surface area contributed by atoms with E-state index in [0.717, 1.165) is 5.56 Å². The standard InChI is InChI=1S/C11H13N5O2/c1-7-3-4-8(5-9(7)12)11(17)18-6-10-13-15-16(2)14-10/h3-5H,6,12H2,1-2H3. The lowest BCUT2D eigenvalue weighted by molar-refractivity contribution is 0.0462. The van der Waals surface area contributed by atoms with Crippen LogP contribution in [0, 0.1) is 6.92 Å². The second kappa shape index (κ2) is 4.82. The first-order valence-electron chi connectivity index (χ1n) is 5.32. The molecule has 2 aromatic rings. The van der Waals surface area contributed by atoms with E-state index in [1.54, 1.807) is 25.2 Å². The number of rotatable bonds is 3. The molecule has 0 unspecified atom stereocenters. The number of nitrogens with two attached hydrogens (primary N) is 1. The molecule has 0 aliphatic heterocycles. The highest BCUT2D eigenvalue weighted by Gasteiger charge is 2.10. The molecule has 0 aliphatic carbocycles. The lowest BCUT2D eigenvalue weighted by Crippen LogP contribution is -2.07. The lowest BCUT2D eigenvalue weighted by atomic mass is 10.1. The number of carbonyl (C=O) groups is 1. The van der Waals surface area contributed by atoms with Crippen LogP contribution < -0.4 is 5.73 Å². The summed E-state index contributed by atoms with van der Waals surface area (Å²) in [5, 5.41) is 11.3. The maximum absolute atomic E-state index is 11.7. The first kappa shape index (κ1) is 12.0. The van der Waals surface area contributed by atoms with Gasteiger partial charge in [0, 0.05) is 5.69 Å². The monoisotopic (exact) mass is 247 g/mol. The van der Waals surface area contributed by atoms with E-state index in [9.17, 15) is 4.79 Å². The third-order valence-corrected chi connectivity index (χ3v) is 2.40. The highest BCUT2D eigenvalue weighted by Crippen LogP contribution is 2.14. The number of tetrazole rings is 1. The number of ether oxygens (including phenoxy) is 1. The fourth-order valence-corrected chi connectivity index (χ4v) is 1.36. The minimum atomic E-state index is -0.464. The quantitative estimate of drug-likeness (QED) is 0.625. The van der Waals surface area contributed by atoms with Crippen molar-refractivity contribution in [2.75, 3.05) is 5.73 Å². The van der Waals surface area contributed by atoms with Crippen molar-refractivity contribution in [3.8, 4) is 0 Å². The normalized spacial score (nSPS) is 10.3. The summed E-state index contributed by atoms with van der Waals surface area (Å²) in [6.07, 6.45) is 0. The molecule has 0 amide bonds. The molecule has 7 heteroatoms. The molecule has 0 bridgehead atoms. The summed E-state index contributed by atoms with van der Waals surface area (Å²) < 4.78 is 5.05. The topological polar surface area (TPSA) is 95.9 Å².